The molecule has 0 unspecified atom stereocenters. The predicted molar refractivity (Wildman–Crippen MR) is 90.0 cm³/mol. The van der Waals surface area contributed by atoms with E-state index < -0.39 is 7.60 Å². The van der Waals surface area contributed by atoms with Crippen LogP contribution >= 0.6 is 7.60 Å². The fourth-order valence-electron chi connectivity index (χ4n) is 1.89. The van der Waals surface area contributed by atoms with Gasteiger partial charge in [-0.05, 0) is 38.1 Å². The van der Waals surface area contributed by atoms with E-state index in [0.717, 1.165) is 0 Å². The quantitative estimate of drug-likeness (QED) is 0.682. The number of hydrogen-bond donors (Lipinski definition) is 0. The number of ether oxygens (including phenoxy) is 2. The lowest BCUT2D eigenvalue weighted by atomic mass is 10.3. The maximum Gasteiger partial charge on any atom is 0.433 e. The topological polar surface area (TPSA) is 54.0 Å². The van der Waals surface area contributed by atoms with Crippen molar-refractivity contribution in [3.8, 4) is 23.0 Å². The Bertz CT molecular complexity index is 645. The fraction of sp³-hybridized carbons (Fsp3) is 0.294. The van der Waals surface area contributed by atoms with E-state index in [9.17, 15) is 4.57 Å². The van der Waals surface area contributed by atoms with Crippen molar-refractivity contribution in [1.82, 2.24) is 0 Å². The first-order valence-corrected chi connectivity index (χ1v) is 8.86. The highest BCUT2D eigenvalue weighted by atomic mass is 31.2. The molecule has 5 nitrogen and oxygen atoms in total. The molecule has 0 saturated heterocycles. The smallest absolute Gasteiger partial charge is 0.433 e. The molecule has 124 valence electrons. The van der Waals surface area contributed by atoms with Gasteiger partial charge in [0.15, 0.2) is 23.0 Å². The summed E-state index contributed by atoms with van der Waals surface area (Å²) in [5, 5.41) is 0. The molecule has 0 fully saturated rings. The molecule has 0 spiro atoms. The number of hydrogen-bond acceptors (Lipinski definition) is 5. The Morgan fingerprint density at radius 3 is 1.39 bits per heavy atom. The summed E-state index contributed by atoms with van der Waals surface area (Å²) < 4.78 is 35.2. The molecule has 0 aliphatic heterocycles. The molecule has 0 N–H and O–H groups in total. The average Bonchev–Trinajstić information content (AvgIpc) is 2.55. The molecule has 0 aliphatic carbocycles. The number of benzene rings is 2. The van der Waals surface area contributed by atoms with Gasteiger partial charge in [-0.3, -0.25) is 0 Å². The van der Waals surface area contributed by atoms with Crippen LogP contribution in [0.15, 0.2) is 48.5 Å². The Hall–Kier alpha value is -2.13. The Kier molecular flexibility index (Phi) is 5.56. The van der Waals surface area contributed by atoms with Gasteiger partial charge in [0.2, 0.25) is 0 Å². The van der Waals surface area contributed by atoms with Crippen molar-refractivity contribution in [2.75, 3.05) is 14.2 Å². The molecular formula is C17H21O5P. The molecule has 0 radical (unpaired) electrons. The zero-order valence-electron chi connectivity index (χ0n) is 13.7. The van der Waals surface area contributed by atoms with Crippen LogP contribution in [0.4, 0.5) is 0 Å². The van der Waals surface area contributed by atoms with Gasteiger partial charge in [-0.25, -0.2) is 4.57 Å². The van der Waals surface area contributed by atoms with Crippen LogP contribution in [-0.4, -0.2) is 19.9 Å². The fourth-order valence-corrected chi connectivity index (χ4v) is 3.20. The highest BCUT2D eigenvalue weighted by molar-refractivity contribution is 7.55. The minimum atomic E-state index is -3.48. The number of methoxy groups -OCH3 is 2. The number of para-hydroxylation sites is 4. The van der Waals surface area contributed by atoms with Crippen LogP contribution < -0.4 is 18.5 Å². The summed E-state index contributed by atoms with van der Waals surface area (Å²) in [6, 6.07) is 14.1. The second-order valence-corrected chi connectivity index (χ2v) is 7.60. The minimum Gasteiger partial charge on any atom is -0.493 e. The van der Waals surface area contributed by atoms with Crippen molar-refractivity contribution in [2.45, 2.75) is 19.5 Å². The third-order valence-electron chi connectivity index (χ3n) is 3.22. The summed E-state index contributed by atoms with van der Waals surface area (Å²) in [5.41, 5.74) is -0.350. The maximum absolute atomic E-state index is 13.2. The third-order valence-corrected chi connectivity index (χ3v) is 5.39. The van der Waals surface area contributed by atoms with Crippen molar-refractivity contribution in [1.29, 1.82) is 0 Å². The van der Waals surface area contributed by atoms with Crippen LogP contribution in [0.5, 0.6) is 23.0 Å². The second kappa shape index (κ2) is 7.42. The molecule has 0 aromatic heterocycles. The Morgan fingerprint density at radius 1 is 0.739 bits per heavy atom. The third kappa shape index (κ3) is 3.99. The van der Waals surface area contributed by atoms with Crippen LogP contribution in [0.25, 0.3) is 0 Å². The van der Waals surface area contributed by atoms with Crippen molar-refractivity contribution >= 4 is 7.60 Å². The van der Waals surface area contributed by atoms with Gasteiger partial charge in [-0.15, -0.1) is 0 Å². The maximum atomic E-state index is 13.2. The molecule has 23 heavy (non-hydrogen) atoms. The Labute approximate surface area is 136 Å². The van der Waals surface area contributed by atoms with Gasteiger partial charge in [0, 0.05) is 0 Å². The molecule has 6 heteroatoms. The van der Waals surface area contributed by atoms with Crippen LogP contribution in [0.1, 0.15) is 13.8 Å². The van der Waals surface area contributed by atoms with E-state index in [1.54, 1.807) is 50.2 Å². The minimum absolute atomic E-state index is 0.350. The first kappa shape index (κ1) is 17.2. The van der Waals surface area contributed by atoms with Gasteiger partial charge in [0.25, 0.3) is 0 Å². The van der Waals surface area contributed by atoms with Gasteiger partial charge in [0.05, 0.1) is 19.9 Å². The van der Waals surface area contributed by atoms with E-state index in [1.165, 1.54) is 14.2 Å². The van der Waals surface area contributed by atoms with Gasteiger partial charge >= 0.3 is 7.60 Å². The van der Waals surface area contributed by atoms with E-state index >= 15 is 0 Å². The zero-order chi connectivity index (χ0) is 16.9. The second-order valence-electron chi connectivity index (χ2n) is 5.12. The van der Waals surface area contributed by atoms with Gasteiger partial charge in [-0.1, -0.05) is 24.3 Å². The van der Waals surface area contributed by atoms with Gasteiger partial charge < -0.3 is 18.5 Å². The average molecular weight is 336 g/mol. The lowest BCUT2D eigenvalue weighted by Crippen LogP contribution is -2.11. The van der Waals surface area contributed by atoms with Gasteiger partial charge in [-0.2, -0.15) is 0 Å². The first-order valence-electron chi connectivity index (χ1n) is 7.25. The predicted octanol–water partition coefficient (Wildman–Crippen LogP) is 4.76. The summed E-state index contributed by atoms with van der Waals surface area (Å²) >= 11 is 0. The first-order chi connectivity index (χ1) is 11.0. The molecule has 2 rings (SSSR count). The Morgan fingerprint density at radius 2 is 1.09 bits per heavy atom. The molecule has 2 aromatic carbocycles. The summed E-state index contributed by atoms with van der Waals surface area (Å²) in [7, 11) is -0.413. The summed E-state index contributed by atoms with van der Waals surface area (Å²) in [6.45, 7) is 3.57. The Balaban J connectivity index is 2.34. The lowest BCUT2D eigenvalue weighted by Gasteiger charge is -2.24. The molecule has 0 amide bonds. The molecular weight excluding hydrogens is 315 g/mol. The monoisotopic (exact) mass is 336 g/mol. The molecule has 0 bridgehead atoms. The molecule has 0 aliphatic rings. The highest BCUT2D eigenvalue weighted by Gasteiger charge is 2.34. The SMILES string of the molecule is COc1ccccc1OP(=O)(Oc1ccccc1OC)C(C)C. The highest BCUT2D eigenvalue weighted by Crippen LogP contribution is 2.55. The van der Waals surface area contributed by atoms with E-state index in [4.69, 9.17) is 18.5 Å². The largest absolute Gasteiger partial charge is 0.493 e. The number of rotatable bonds is 7. The standard InChI is InChI=1S/C17H21O5P/c1-13(2)23(18,21-16-11-7-5-9-14(16)19-3)22-17-12-8-6-10-15(17)20-4/h5-13H,1-4H3. The van der Waals surface area contributed by atoms with Crippen LogP contribution in [-0.2, 0) is 4.57 Å². The molecule has 2 aromatic rings. The van der Waals surface area contributed by atoms with Crippen molar-refractivity contribution in [3.05, 3.63) is 48.5 Å². The van der Waals surface area contributed by atoms with Gasteiger partial charge in [0.1, 0.15) is 0 Å². The summed E-state index contributed by atoms with van der Waals surface area (Å²) in [5.74, 6) is 1.75. The van der Waals surface area contributed by atoms with Crippen molar-refractivity contribution < 1.29 is 23.1 Å². The van der Waals surface area contributed by atoms with E-state index in [0.29, 0.717) is 23.0 Å². The lowest BCUT2D eigenvalue weighted by molar-refractivity contribution is 0.341. The van der Waals surface area contributed by atoms with E-state index in [2.05, 4.69) is 0 Å². The molecule has 0 heterocycles. The summed E-state index contributed by atoms with van der Waals surface area (Å²) in [4.78, 5) is 0. The van der Waals surface area contributed by atoms with Crippen molar-refractivity contribution in [3.63, 3.8) is 0 Å². The van der Waals surface area contributed by atoms with E-state index in [-0.39, 0.29) is 5.66 Å². The van der Waals surface area contributed by atoms with Crippen LogP contribution in [0.3, 0.4) is 0 Å². The van der Waals surface area contributed by atoms with E-state index in [1.807, 2.05) is 12.1 Å². The summed E-state index contributed by atoms with van der Waals surface area (Å²) in [6.07, 6.45) is 0. The zero-order valence-corrected chi connectivity index (χ0v) is 14.6. The molecule has 0 atom stereocenters. The van der Waals surface area contributed by atoms with Crippen molar-refractivity contribution in [2.24, 2.45) is 0 Å². The van der Waals surface area contributed by atoms with Crippen LogP contribution in [0.2, 0.25) is 0 Å². The van der Waals surface area contributed by atoms with Crippen LogP contribution in [0, 0.1) is 0 Å². The normalized spacial score (nSPS) is 11.2. The molecule has 0 saturated carbocycles.